The van der Waals surface area contributed by atoms with Crippen molar-refractivity contribution in [1.82, 2.24) is 9.88 Å². The van der Waals surface area contributed by atoms with E-state index in [4.69, 9.17) is 14.5 Å². The van der Waals surface area contributed by atoms with Crippen LogP contribution in [-0.4, -0.2) is 69.2 Å². The number of benzene rings is 2. The zero-order chi connectivity index (χ0) is 30.2. The predicted octanol–water partition coefficient (Wildman–Crippen LogP) is 6.58. The van der Waals surface area contributed by atoms with E-state index in [9.17, 15) is 4.79 Å². The molecule has 0 bridgehead atoms. The minimum absolute atomic E-state index is 0.265. The summed E-state index contributed by atoms with van der Waals surface area (Å²) < 4.78 is 12.3. The lowest BCUT2D eigenvalue weighted by atomic mass is 10.1. The molecule has 43 heavy (non-hydrogen) atoms. The highest BCUT2D eigenvalue weighted by molar-refractivity contribution is 5.99. The SMILES string of the molecule is C=CC(=O)Nc1cc(Oc2nc(Nc3ccc(N4CCN(C)CC4)cc3OC)ccc2N2CCCCCCC2)ccc1C. The molecule has 2 aromatic carbocycles. The molecule has 0 saturated carbocycles. The summed E-state index contributed by atoms with van der Waals surface area (Å²) in [4.78, 5) is 24.1. The Labute approximate surface area is 255 Å². The molecule has 2 N–H and O–H groups in total. The molecule has 9 nitrogen and oxygen atoms in total. The van der Waals surface area contributed by atoms with Crippen LogP contribution in [0.1, 0.15) is 37.7 Å². The molecule has 2 aliphatic heterocycles. The molecule has 2 aliphatic rings. The smallest absolute Gasteiger partial charge is 0.247 e. The first-order chi connectivity index (χ1) is 20.9. The maximum absolute atomic E-state index is 12.0. The molecule has 0 spiro atoms. The lowest BCUT2D eigenvalue weighted by molar-refractivity contribution is -0.111. The zero-order valence-electron chi connectivity index (χ0n) is 25.7. The van der Waals surface area contributed by atoms with E-state index < -0.39 is 0 Å². The Morgan fingerprint density at radius 1 is 0.884 bits per heavy atom. The monoisotopic (exact) mass is 584 g/mol. The fourth-order valence-corrected chi connectivity index (χ4v) is 5.58. The molecule has 5 rings (SSSR count). The normalized spacial score (nSPS) is 16.2. The summed E-state index contributed by atoms with van der Waals surface area (Å²) in [6, 6.07) is 16.0. The molecule has 0 radical (unpaired) electrons. The number of pyridine rings is 1. The number of carbonyl (C=O) groups is 1. The average molecular weight is 585 g/mol. The minimum atomic E-state index is -0.265. The molecule has 0 atom stereocenters. The summed E-state index contributed by atoms with van der Waals surface area (Å²) in [7, 11) is 3.86. The minimum Gasteiger partial charge on any atom is -0.494 e. The Morgan fingerprint density at radius 2 is 1.63 bits per heavy atom. The lowest BCUT2D eigenvalue weighted by Gasteiger charge is -2.34. The van der Waals surface area contributed by atoms with Crippen molar-refractivity contribution < 1.29 is 14.3 Å². The Morgan fingerprint density at radius 3 is 2.35 bits per heavy atom. The predicted molar refractivity (Wildman–Crippen MR) is 176 cm³/mol. The highest BCUT2D eigenvalue weighted by Gasteiger charge is 2.19. The molecule has 2 saturated heterocycles. The first-order valence-corrected chi connectivity index (χ1v) is 15.3. The van der Waals surface area contributed by atoms with Gasteiger partial charge in [0, 0.05) is 62.8 Å². The fraction of sp³-hybridized carbons (Fsp3) is 0.412. The van der Waals surface area contributed by atoms with Crippen molar-refractivity contribution in [3.05, 3.63) is 66.7 Å². The van der Waals surface area contributed by atoms with Crippen LogP contribution in [0.2, 0.25) is 0 Å². The molecule has 1 amide bonds. The van der Waals surface area contributed by atoms with E-state index in [1.54, 1.807) is 7.11 Å². The van der Waals surface area contributed by atoms with Gasteiger partial charge >= 0.3 is 0 Å². The number of hydrogen-bond donors (Lipinski definition) is 2. The summed E-state index contributed by atoms with van der Waals surface area (Å²) in [6.07, 6.45) is 7.28. The van der Waals surface area contributed by atoms with Crippen molar-refractivity contribution in [3.63, 3.8) is 0 Å². The van der Waals surface area contributed by atoms with Gasteiger partial charge in [-0.25, -0.2) is 0 Å². The number of anilines is 5. The summed E-state index contributed by atoms with van der Waals surface area (Å²) >= 11 is 0. The quantitative estimate of drug-likeness (QED) is 0.273. The van der Waals surface area contributed by atoms with Crippen LogP contribution in [0.25, 0.3) is 0 Å². The third-order valence-corrected chi connectivity index (χ3v) is 8.22. The van der Waals surface area contributed by atoms with Crippen LogP contribution in [0.5, 0.6) is 17.4 Å². The van der Waals surface area contributed by atoms with Crippen LogP contribution in [0.15, 0.2) is 61.2 Å². The Bertz CT molecular complexity index is 1410. The first kappa shape index (κ1) is 30.2. The number of piperazine rings is 1. The first-order valence-electron chi connectivity index (χ1n) is 15.3. The van der Waals surface area contributed by atoms with E-state index in [1.807, 2.05) is 31.2 Å². The van der Waals surface area contributed by atoms with Crippen LogP contribution in [0.3, 0.4) is 0 Å². The van der Waals surface area contributed by atoms with Gasteiger partial charge in [0.1, 0.15) is 23.0 Å². The number of aryl methyl sites for hydroxylation is 1. The summed E-state index contributed by atoms with van der Waals surface area (Å²) in [5, 5.41) is 6.33. The molecule has 0 unspecified atom stereocenters. The molecule has 9 heteroatoms. The van der Waals surface area contributed by atoms with Gasteiger partial charge in [0.05, 0.1) is 12.8 Å². The maximum atomic E-state index is 12.0. The van der Waals surface area contributed by atoms with Gasteiger partial charge in [0.25, 0.3) is 0 Å². The number of aromatic nitrogens is 1. The number of ether oxygens (including phenoxy) is 2. The van der Waals surface area contributed by atoms with Crippen molar-refractivity contribution in [1.29, 1.82) is 0 Å². The number of hydrogen-bond acceptors (Lipinski definition) is 8. The molecule has 1 aromatic heterocycles. The van der Waals surface area contributed by atoms with Crippen LogP contribution in [0.4, 0.5) is 28.6 Å². The zero-order valence-corrected chi connectivity index (χ0v) is 25.7. The molecule has 2 fully saturated rings. The van der Waals surface area contributed by atoms with Gasteiger partial charge in [-0.1, -0.05) is 31.9 Å². The fourth-order valence-electron chi connectivity index (χ4n) is 5.58. The lowest BCUT2D eigenvalue weighted by Crippen LogP contribution is -2.44. The van der Waals surface area contributed by atoms with Crippen molar-refractivity contribution in [2.45, 2.75) is 39.0 Å². The number of nitrogens with zero attached hydrogens (tertiary/aromatic N) is 4. The maximum Gasteiger partial charge on any atom is 0.247 e. The second-order valence-corrected chi connectivity index (χ2v) is 11.3. The van der Waals surface area contributed by atoms with E-state index >= 15 is 0 Å². The standard InChI is InChI=1S/C34H44N6O3/c1-5-33(41)36-29-24-27(13-11-25(29)2)43-34-30(40-17-9-7-6-8-10-18-40)15-16-32(37-34)35-28-14-12-26(23-31(28)42-4)39-21-19-38(3)20-22-39/h5,11-16,23-24H,1,6-10,17-22H2,2-4H3,(H,35,37)(H,36,41). The Kier molecular flexibility index (Phi) is 10.0. The van der Waals surface area contributed by atoms with Gasteiger partial charge in [-0.2, -0.15) is 4.98 Å². The van der Waals surface area contributed by atoms with E-state index in [2.05, 4.69) is 63.2 Å². The molecular formula is C34H44N6O3. The number of nitrogens with one attached hydrogen (secondary N) is 2. The second-order valence-electron chi connectivity index (χ2n) is 11.3. The van der Waals surface area contributed by atoms with Gasteiger partial charge in [0.15, 0.2) is 0 Å². The summed E-state index contributed by atoms with van der Waals surface area (Å²) in [5.41, 5.74) is 4.56. The van der Waals surface area contributed by atoms with Gasteiger partial charge in [-0.15, -0.1) is 0 Å². The molecule has 3 aromatic rings. The van der Waals surface area contributed by atoms with Crippen molar-refractivity contribution in [3.8, 4) is 17.4 Å². The second kappa shape index (κ2) is 14.3. The number of carbonyl (C=O) groups excluding carboxylic acids is 1. The molecular weight excluding hydrogens is 540 g/mol. The number of methoxy groups -OCH3 is 1. The van der Waals surface area contributed by atoms with Gasteiger partial charge in [-0.3, -0.25) is 4.79 Å². The van der Waals surface area contributed by atoms with E-state index in [0.29, 0.717) is 23.1 Å². The third kappa shape index (κ3) is 7.78. The summed E-state index contributed by atoms with van der Waals surface area (Å²) in [6.45, 7) is 11.5. The Hall–Kier alpha value is -4.24. The van der Waals surface area contributed by atoms with E-state index in [-0.39, 0.29) is 5.91 Å². The number of amides is 1. The molecule has 0 aliphatic carbocycles. The highest BCUT2D eigenvalue weighted by Crippen LogP contribution is 2.37. The molecule has 3 heterocycles. The van der Waals surface area contributed by atoms with Crippen LogP contribution in [-0.2, 0) is 4.79 Å². The van der Waals surface area contributed by atoms with Crippen LogP contribution >= 0.6 is 0 Å². The van der Waals surface area contributed by atoms with Crippen molar-refractivity contribution >= 4 is 34.5 Å². The van der Waals surface area contributed by atoms with Gasteiger partial charge in [-0.05, 0) is 68.8 Å². The van der Waals surface area contributed by atoms with Crippen molar-refractivity contribution in [2.24, 2.45) is 0 Å². The highest BCUT2D eigenvalue weighted by atomic mass is 16.5. The van der Waals surface area contributed by atoms with E-state index in [1.165, 1.54) is 25.3 Å². The van der Waals surface area contributed by atoms with Gasteiger partial charge < -0.3 is 34.8 Å². The number of likely N-dealkylation sites (N-methyl/N-ethyl adjacent to an activating group) is 1. The molecule has 228 valence electrons. The van der Waals surface area contributed by atoms with Crippen LogP contribution in [0, 0.1) is 6.92 Å². The number of rotatable bonds is 9. The third-order valence-electron chi connectivity index (χ3n) is 8.22. The topological polar surface area (TPSA) is 82.2 Å². The average Bonchev–Trinajstić information content (AvgIpc) is 3.00. The largest absolute Gasteiger partial charge is 0.494 e. The van der Waals surface area contributed by atoms with E-state index in [0.717, 1.165) is 80.5 Å². The Balaban J connectivity index is 1.43. The van der Waals surface area contributed by atoms with Crippen LogP contribution < -0.4 is 29.9 Å². The van der Waals surface area contributed by atoms with Crippen molar-refractivity contribution in [2.75, 3.05) is 73.9 Å². The summed E-state index contributed by atoms with van der Waals surface area (Å²) in [5.74, 6) is 2.26. The van der Waals surface area contributed by atoms with Gasteiger partial charge in [0.2, 0.25) is 11.8 Å².